The molecule has 2 heteroatoms. The third-order valence-corrected chi connectivity index (χ3v) is 4.20. The molecule has 0 radical (unpaired) electrons. The van der Waals surface area contributed by atoms with Crippen LogP contribution in [0.15, 0.2) is 0 Å². The number of ether oxygens (including phenoxy) is 2. The van der Waals surface area contributed by atoms with Crippen molar-refractivity contribution in [1.82, 2.24) is 0 Å². The van der Waals surface area contributed by atoms with E-state index in [1.165, 1.54) is 89.9 Å². The van der Waals surface area contributed by atoms with E-state index >= 15 is 0 Å². The highest BCUT2D eigenvalue weighted by Crippen LogP contribution is 2.09. The van der Waals surface area contributed by atoms with Gasteiger partial charge < -0.3 is 9.47 Å². The molecule has 0 aromatic carbocycles. The summed E-state index contributed by atoms with van der Waals surface area (Å²) in [6.45, 7) is 8.27. The first-order valence-corrected chi connectivity index (χ1v) is 10.0. The molecule has 0 aromatic rings. The van der Waals surface area contributed by atoms with Crippen molar-refractivity contribution < 1.29 is 9.47 Å². The van der Waals surface area contributed by atoms with Gasteiger partial charge in [0.15, 0.2) is 6.29 Å². The van der Waals surface area contributed by atoms with Crippen molar-refractivity contribution in [2.24, 2.45) is 0 Å². The number of hydrogen-bond donors (Lipinski definition) is 0. The molecule has 0 N–H and O–H groups in total. The van der Waals surface area contributed by atoms with Gasteiger partial charge in [0.25, 0.3) is 0 Å². The number of hydrogen-bond acceptors (Lipinski definition) is 2. The highest BCUT2D eigenvalue weighted by Gasteiger charge is 2.01. The zero-order chi connectivity index (χ0) is 16.3. The van der Waals surface area contributed by atoms with E-state index in [-0.39, 0.29) is 6.29 Å². The van der Waals surface area contributed by atoms with E-state index in [0.717, 1.165) is 13.2 Å². The molecule has 134 valence electrons. The molecule has 0 rings (SSSR count). The molecule has 0 saturated carbocycles. The molecule has 2 nitrogen and oxygen atoms in total. The Labute approximate surface area is 140 Å². The molecular formula is C20H42O2. The fourth-order valence-electron chi connectivity index (χ4n) is 2.67. The highest BCUT2D eigenvalue weighted by molar-refractivity contribution is 4.47. The summed E-state index contributed by atoms with van der Waals surface area (Å²) in [5.74, 6) is 0. The molecule has 0 spiro atoms. The van der Waals surface area contributed by atoms with E-state index in [1.807, 2.05) is 6.92 Å². The van der Waals surface area contributed by atoms with Crippen molar-refractivity contribution in [2.45, 2.75) is 117 Å². The Balaban J connectivity index is 3.11. The minimum absolute atomic E-state index is 0.0276. The molecule has 0 aliphatic rings. The van der Waals surface area contributed by atoms with Gasteiger partial charge in [0, 0.05) is 13.2 Å². The van der Waals surface area contributed by atoms with Gasteiger partial charge in [0.05, 0.1) is 0 Å². The number of rotatable bonds is 18. The molecule has 0 amide bonds. The van der Waals surface area contributed by atoms with Gasteiger partial charge in [0.2, 0.25) is 0 Å². The predicted octanol–water partition coefficient (Wildman–Crippen LogP) is 6.87. The zero-order valence-corrected chi connectivity index (χ0v) is 15.7. The third kappa shape index (κ3) is 18.0. The van der Waals surface area contributed by atoms with Crippen LogP contribution in [0, 0.1) is 0 Å². The van der Waals surface area contributed by atoms with Crippen LogP contribution in [0.2, 0.25) is 0 Å². The van der Waals surface area contributed by atoms with Crippen LogP contribution < -0.4 is 0 Å². The van der Waals surface area contributed by atoms with Crippen LogP contribution in [-0.4, -0.2) is 19.5 Å². The molecule has 0 aliphatic carbocycles. The Hall–Kier alpha value is -0.0800. The second kappa shape index (κ2) is 19.0. The van der Waals surface area contributed by atoms with Crippen LogP contribution in [-0.2, 0) is 9.47 Å². The Morgan fingerprint density at radius 1 is 0.500 bits per heavy atom. The highest BCUT2D eigenvalue weighted by atomic mass is 16.7. The summed E-state index contributed by atoms with van der Waals surface area (Å²) < 4.78 is 11.4. The fraction of sp³-hybridized carbons (Fsp3) is 1.00. The van der Waals surface area contributed by atoms with Crippen LogP contribution in [0.4, 0.5) is 0 Å². The maximum atomic E-state index is 5.71. The summed E-state index contributed by atoms with van der Waals surface area (Å²) in [6.07, 6.45) is 18.7. The van der Waals surface area contributed by atoms with Crippen molar-refractivity contribution in [3.8, 4) is 0 Å². The van der Waals surface area contributed by atoms with Gasteiger partial charge in [-0.2, -0.15) is 0 Å². The lowest BCUT2D eigenvalue weighted by Gasteiger charge is -2.14. The average molecular weight is 315 g/mol. The van der Waals surface area contributed by atoms with Gasteiger partial charge in [-0.3, -0.25) is 0 Å². The maximum Gasteiger partial charge on any atom is 0.154 e. The first-order valence-electron chi connectivity index (χ1n) is 10.0. The Bertz CT molecular complexity index is 174. The normalized spacial score (nSPS) is 11.5. The topological polar surface area (TPSA) is 18.5 Å². The van der Waals surface area contributed by atoms with E-state index in [9.17, 15) is 0 Å². The summed E-state index contributed by atoms with van der Waals surface area (Å²) in [5.41, 5.74) is 0. The first kappa shape index (κ1) is 21.9. The van der Waals surface area contributed by atoms with Gasteiger partial charge in [-0.15, -0.1) is 0 Å². The lowest BCUT2D eigenvalue weighted by Crippen LogP contribution is -2.14. The third-order valence-electron chi connectivity index (χ3n) is 4.20. The van der Waals surface area contributed by atoms with E-state index < -0.39 is 0 Å². The first-order chi connectivity index (χ1) is 10.8. The quantitative estimate of drug-likeness (QED) is 0.203. The summed E-state index contributed by atoms with van der Waals surface area (Å²) in [4.78, 5) is 0. The summed E-state index contributed by atoms with van der Waals surface area (Å²) in [7, 11) is 0. The van der Waals surface area contributed by atoms with E-state index in [4.69, 9.17) is 9.47 Å². The lowest BCUT2D eigenvalue weighted by atomic mass is 10.1. The largest absolute Gasteiger partial charge is 0.353 e. The average Bonchev–Trinajstić information content (AvgIpc) is 2.52. The van der Waals surface area contributed by atoms with E-state index in [2.05, 4.69) is 13.8 Å². The second-order valence-corrected chi connectivity index (χ2v) is 6.55. The minimum Gasteiger partial charge on any atom is -0.353 e. The molecule has 0 aromatic heterocycles. The second-order valence-electron chi connectivity index (χ2n) is 6.55. The molecule has 0 unspecified atom stereocenters. The standard InChI is InChI=1S/C20H42O2/c1-4-6-8-10-12-14-16-18-21-20(3)22-19-17-15-13-11-9-7-5-2/h20H,4-19H2,1-3H3. The van der Waals surface area contributed by atoms with Gasteiger partial charge in [-0.05, 0) is 19.8 Å². The Morgan fingerprint density at radius 2 is 0.818 bits per heavy atom. The van der Waals surface area contributed by atoms with Crippen molar-refractivity contribution in [1.29, 1.82) is 0 Å². The van der Waals surface area contributed by atoms with Gasteiger partial charge >= 0.3 is 0 Å². The molecule has 0 atom stereocenters. The molecule has 0 fully saturated rings. The molecular weight excluding hydrogens is 272 g/mol. The Morgan fingerprint density at radius 3 is 1.18 bits per heavy atom. The summed E-state index contributed by atoms with van der Waals surface area (Å²) in [6, 6.07) is 0. The Kier molecular flexibility index (Phi) is 18.9. The van der Waals surface area contributed by atoms with Crippen molar-refractivity contribution in [3.05, 3.63) is 0 Å². The monoisotopic (exact) mass is 314 g/mol. The van der Waals surface area contributed by atoms with Gasteiger partial charge in [-0.25, -0.2) is 0 Å². The lowest BCUT2D eigenvalue weighted by molar-refractivity contribution is -0.131. The van der Waals surface area contributed by atoms with E-state index in [0.29, 0.717) is 0 Å². The fourth-order valence-corrected chi connectivity index (χ4v) is 2.67. The molecule has 0 aliphatic heterocycles. The van der Waals surface area contributed by atoms with Crippen LogP contribution >= 0.6 is 0 Å². The molecule has 22 heavy (non-hydrogen) atoms. The predicted molar refractivity (Wildman–Crippen MR) is 97.4 cm³/mol. The van der Waals surface area contributed by atoms with Crippen LogP contribution in [0.3, 0.4) is 0 Å². The van der Waals surface area contributed by atoms with Gasteiger partial charge in [-0.1, -0.05) is 90.9 Å². The van der Waals surface area contributed by atoms with Crippen LogP contribution in [0.25, 0.3) is 0 Å². The van der Waals surface area contributed by atoms with E-state index in [1.54, 1.807) is 0 Å². The summed E-state index contributed by atoms with van der Waals surface area (Å²) >= 11 is 0. The number of unbranched alkanes of at least 4 members (excludes halogenated alkanes) is 12. The smallest absolute Gasteiger partial charge is 0.154 e. The molecule has 0 bridgehead atoms. The molecule has 0 heterocycles. The van der Waals surface area contributed by atoms with Crippen molar-refractivity contribution in [3.63, 3.8) is 0 Å². The van der Waals surface area contributed by atoms with Crippen molar-refractivity contribution in [2.75, 3.05) is 13.2 Å². The SMILES string of the molecule is CCCCCCCCCOC(C)OCCCCCCCCC. The van der Waals surface area contributed by atoms with Crippen LogP contribution in [0.1, 0.15) is 111 Å². The van der Waals surface area contributed by atoms with Gasteiger partial charge in [0.1, 0.15) is 0 Å². The molecule has 0 saturated heterocycles. The summed E-state index contributed by atoms with van der Waals surface area (Å²) in [5, 5.41) is 0. The zero-order valence-electron chi connectivity index (χ0n) is 15.7. The van der Waals surface area contributed by atoms with Crippen LogP contribution in [0.5, 0.6) is 0 Å². The minimum atomic E-state index is -0.0276. The maximum absolute atomic E-state index is 5.71. The van der Waals surface area contributed by atoms with Crippen molar-refractivity contribution >= 4 is 0 Å².